The number of nitrogens with one attached hydrogen (secondary N) is 5. The summed E-state index contributed by atoms with van der Waals surface area (Å²) in [6.07, 6.45) is -3.28. The Morgan fingerprint density at radius 1 is 0.958 bits per heavy atom. The lowest BCUT2D eigenvalue weighted by Crippen LogP contribution is -2.45. The van der Waals surface area contributed by atoms with Crippen molar-refractivity contribution in [2.75, 3.05) is 67.6 Å². The van der Waals surface area contributed by atoms with Crippen molar-refractivity contribution in [2.45, 2.75) is 11.1 Å². The Morgan fingerprint density at radius 2 is 1.71 bits per heavy atom. The number of nitrogens with zero attached hydrogens (tertiary/aromatic N) is 4. The van der Waals surface area contributed by atoms with Gasteiger partial charge in [0.25, 0.3) is 0 Å². The zero-order valence-electron chi connectivity index (χ0n) is 25.5. The summed E-state index contributed by atoms with van der Waals surface area (Å²) in [4.78, 5) is 26.2. The van der Waals surface area contributed by atoms with E-state index in [1.165, 1.54) is 18.3 Å². The van der Waals surface area contributed by atoms with Crippen molar-refractivity contribution in [3.63, 3.8) is 0 Å². The van der Waals surface area contributed by atoms with Crippen LogP contribution in [0.15, 0.2) is 71.8 Å². The van der Waals surface area contributed by atoms with Gasteiger partial charge in [-0.3, -0.25) is 4.90 Å². The smallest absolute Gasteiger partial charge is 0.416 e. The third kappa shape index (κ3) is 8.93. The molecule has 1 saturated heterocycles. The summed E-state index contributed by atoms with van der Waals surface area (Å²) in [5.41, 5.74) is -0.905. The van der Waals surface area contributed by atoms with Gasteiger partial charge in [0, 0.05) is 56.7 Å². The van der Waals surface area contributed by atoms with Crippen LogP contribution in [0.4, 0.5) is 55.6 Å². The highest BCUT2D eigenvalue weighted by Crippen LogP contribution is 2.33. The molecule has 0 saturated carbocycles. The van der Waals surface area contributed by atoms with E-state index in [9.17, 15) is 26.6 Å². The quantitative estimate of drug-likeness (QED) is 0.0932. The fraction of sp³-hybridized carbons (Fsp3) is 0.258. The Hall–Kier alpha value is -4.87. The van der Waals surface area contributed by atoms with E-state index in [2.05, 4.69) is 42.8 Å². The molecule has 1 aliphatic heterocycles. The van der Waals surface area contributed by atoms with E-state index >= 15 is 4.39 Å². The monoisotopic (exact) mass is 688 g/mol. The number of likely N-dealkylation sites (N-methyl/N-ethyl adjacent to an activating group) is 1. The van der Waals surface area contributed by atoms with Crippen molar-refractivity contribution in [3.05, 3.63) is 84.1 Å². The Labute approximate surface area is 274 Å². The molecule has 1 fully saturated rings. The highest BCUT2D eigenvalue weighted by Gasteiger charge is 2.31. The first-order chi connectivity index (χ1) is 22.9. The van der Waals surface area contributed by atoms with E-state index in [4.69, 9.17) is 4.78 Å². The van der Waals surface area contributed by atoms with Crippen LogP contribution >= 0.6 is 0 Å². The van der Waals surface area contributed by atoms with Gasteiger partial charge in [0.05, 0.1) is 16.9 Å². The van der Waals surface area contributed by atoms with Gasteiger partial charge in [0.2, 0.25) is 5.95 Å². The largest absolute Gasteiger partial charge is 0.440 e. The second kappa shape index (κ2) is 14.9. The number of hydrogen-bond donors (Lipinski definition) is 5. The Bertz CT molecular complexity index is 1860. The topological polar surface area (TPSA) is 138 Å². The zero-order chi connectivity index (χ0) is 34.4. The van der Waals surface area contributed by atoms with E-state index in [-0.39, 0.29) is 11.6 Å². The van der Waals surface area contributed by atoms with Crippen molar-refractivity contribution in [1.82, 2.24) is 19.8 Å². The van der Waals surface area contributed by atoms with Crippen LogP contribution < -0.4 is 21.3 Å². The third-order valence-corrected chi connectivity index (χ3v) is 8.16. The van der Waals surface area contributed by atoms with E-state index in [0.29, 0.717) is 52.3 Å². The molecule has 48 heavy (non-hydrogen) atoms. The van der Waals surface area contributed by atoms with Gasteiger partial charge in [-0.05, 0) is 49.0 Å². The van der Waals surface area contributed by atoms with Crippen LogP contribution in [-0.2, 0) is 21.0 Å². The standard InChI is InChI=1S/C31H31F5N9O2S/c1-44-11-13-45(14-12-44)10-9-38-28-23(18-39-29(43-28)40-21-3-2-4-22(17-21)48(37)47)19-5-8-26(25(33)15-19)41-30(46)42-27-16-20(31(34,35)36)6-7-24(27)32/h2-8,15-18,37H,9-14H2,1H3,(H2,41,42,46)(H2,38,39,40,43)/q-1. The molecule has 5 rings (SSSR count). The molecule has 11 nitrogen and oxygen atoms in total. The van der Waals surface area contributed by atoms with E-state index < -0.39 is 45.7 Å². The lowest BCUT2D eigenvalue weighted by Gasteiger charge is -2.32. The fourth-order valence-electron chi connectivity index (χ4n) is 4.87. The van der Waals surface area contributed by atoms with Crippen LogP contribution in [0.25, 0.3) is 11.1 Å². The summed E-state index contributed by atoms with van der Waals surface area (Å²) in [6.45, 7) is 4.93. The van der Waals surface area contributed by atoms with Crippen molar-refractivity contribution >= 4 is 45.5 Å². The lowest BCUT2D eigenvalue weighted by atomic mass is 10.1. The number of carbonyl (C=O) groups is 1. The molecule has 0 spiro atoms. The molecule has 0 radical (unpaired) electrons. The first-order valence-electron chi connectivity index (χ1n) is 14.6. The van der Waals surface area contributed by atoms with Gasteiger partial charge in [0.15, 0.2) is 0 Å². The highest BCUT2D eigenvalue weighted by atomic mass is 32.2. The summed E-state index contributed by atoms with van der Waals surface area (Å²) in [6, 6.07) is 10.7. The van der Waals surface area contributed by atoms with Crippen LogP contribution in [0, 0.1) is 16.4 Å². The molecular formula is C31H31F5N9O2S-. The lowest BCUT2D eigenvalue weighted by molar-refractivity contribution is -0.137. The number of piperazine rings is 1. The van der Waals surface area contributed by atoms with E-state index in [0.717, 1.165) is 38.8 Å². The molecule has 0 aliphatic carbocycles. The molecule has 0 unspecified atom stereocenters. The number of urea groups is 1. The van der Waals surface area contributed by atoms with Gasteiger partial charge in [0.1, 0.15) is 17.5 Å². The molecular weight excluding hydrogens is 657 g/mol. The van der Waals surface area contributed by atoms with Crippen LogP contribution in [0.2, 0.25) is 0 Å². The van der Waals surface area contributed by atoms with Crippen molar-refractivity contribution in [2.24, 2.45) is 0 Å². The normalized spacial score (nSPS) is 14.1. The van der Waals surface area contributed by atoms with Crippen LogP contribution in [0.3, 0.4) is 0 Å². The van der Waals surface area contributed by atoms with Gasteiger partial charge in [-0.25, -0.2) is 18.6 Å². The number of alkyl halides is 3. The maximum Gasteiger partial charge on any atom is 0.416 e. The third-order valence-electron chi connectivity index (χ3n) is 7.48. The van der Waals surface area contributed by atoms with E-state index in [1.807, 2.05) is 5.32 Å². The molecule has 1 aliphatic rings. The molecule has 3 aromatic carbocycles. The zero-order valence-corrected chi connectivity index (χ0v) is 26.3. The summed E-state index contributed by atoms with van der Waals surface area (Å²) >= 11 is 0. The molecule has 254 valence electrons. The van der Waals surface area contributed by atoms with E-state index in [1.54, 1.807) is 24.3 Å². The summed E-state index contributed by atoms with van der Waals surface area (Å²) in [7, 11) is 0.129. The average Bonchev–Trinajstić information content (AvgIpc) is 3.04. The van der Waals surface area contributed by atoms with Gasteiger partial charge in [-0.1, -0.05) is 29.2 Å². The molecule has 2 heterocycles. The predicted octanol–water partition coefficient (Wildman–Crippen LogP) is 6.57. The number of carbonyl (C=O) groups excluding carboxylic acids is 1. The second-order valence-electron chi connectivity index (χ2n) is 10.9. The number of amides is 2. The number of aromatic nitrogens is 2. The number of rotatable bonds is 10. The second-order valence-corrected chi connectivity index (χ2v) is 11.9. The molecule has 2 amide bonds. The van der Waals surface area contributed by atoms with Gasteiger partial charge >= 0.3 is 12.2 Å². The SMILES string of the molecule is CN1CCN(CCNc2nc(Nc3cccc([S-](=N)=O)c3)ncc2-c2ccc(NC(=O)Nc3cc(C(F)(F)F)ccc3F)c(F)c2)CC1. The average molecular weight is 689 g/mol. The summed E-state index contributed by atoms with van der Waals surface area (Å²) in [5.74, 6) is -1.41. The minimum atomic E-state index is -4.76. The van der Waals surface area contributed by atoms with Crippen LogP contribution in [0.1, 0.15) is 5.56 Å². The molecule has 5 N–H and O–H groups in total. The maximum absolute atomic E-state index is 15.3. The Morgan fingerprint density at radius 3 is 2.42 bits per heavy atom. The van der Waals surface area contributed by atoms with Crippen LogP contribution in [0.5, 0.6) is 0 Å². The van der Waals surface area contributed by atoms with Gasteiger partial charge in [-0.15, -0.1) is 0 Å². The highest BCUT2D eigenvalue weighted by molar-refractivity contribution is 7.73. The molecule has 0 atom stereocenters. The molecule has 17 heteroatoms. The maximum atomic E-state index is 15.3. The minimum Gasteiger partial charge on any atom is -0.440 e. The van der Waals surface area contributed by atoms with Crippen molar-refractivity contribution < 1.29 is 31.0 Å². The molecule has 4 aromatic rings. The first-order valence-corrected chi connectivity index (χ1v) is 15.8. The fourth-order valence-corrected chi connectivity index (χ4v) is 5.30. The number of anilines is 5. The van der Waals surface area contributed by atoms with Crippen LogP contribution in [-0.4, -0.2) is 72.1 Å². The van der Waals surface area contributed by atoms with Crippen molar-refractivity contribution in [1.29, 1.82) is 4.78 Å². The van der Waals surface area contributed by atoms with Crippen molar-refractivity contribution in [3.8, 4) is 11.1 Å². The Kier molecular flexibility index (Phi) is 10.7. The first kappa shape index (κ1) is 34.5. The molecule has 0 bridgehead atoms. The number of benzene rings is 3. The summed E-state index contributed by atoms with van der Waals surface area (Å²) < 4.78 is 87.6. The van der Waals surface area contributed by atoms with Gasteiger partial charge in [-0.2, -0.15) is 28.8 Å². The minimum absolute atomic E-state index is 0.186. The number of halogens is 5. The Balaban J connectivity index is 1.35. The molecule has 1 aromatic heterocycles. The number of hydrogen-bond acceptors (Lipinski definition) is 10. The predicted molar refractivity (Wildman–Crippen MR) is 173 cm³/mol. The summed E-state index contributed by atoms with van der Waals surface area (Å²) in [5, 5.41) is 10.5. The van der Waals surface area contributed by atoms with Gasteiger partial charge < -0.3 is 35.2 Å².